The first-order valence-electron chi connectivity index (χ1n) is 21.0. The first-order chi connectivity index (χ1) is 31.7. The van der Waals surface area contributed by atoms with Gasteiger partial charge in [0.25, 0.3) is 15.9 Å². The van der Waals surface area contributed by atoms with Crippen molar-refractivity contribution in [1.29, 1.82) is 0 Å². The second-order valence-electron chi connectivity index (χ2n) is 16.8. The Morgan fingerprint density at radius 2 is 1.70 bits per heavy atom. The molecule has 3 atom stereocenters. The van der Waals surface area contributed by atoms with Gasteiger partial charge in [-0.2, -0.15) is 13.9 Å². The van der Waals surface area contributed by atoms with Gasteiger partial charge in [0, 0.05) is 43.4 Å². The van der Waals surface area contributed by atoms with Crippen molar-refractivity contribution in [3.8, 4) is 21.7 Å². The van der Waals surface area contributed by atoms with Crippen LogP contribution in [0, 0.1) is 12.3 Å². The van der Waals surface area contributed by atoms with Gasteiger partial charge in [0.05, 0.1) is 40.0 Å². The summed E-state index contributed by atoms with van der Waals surface area (Å²) in [5.74, 6) is -6.36. The number of likely N-dealkylation sites (tertiary alicyclic amines) is 1. The number of halogens is 2. The lowest BCUT2D eigenvalue weighted by atomic mass is 9.85. The average Bonchev–Trinajstić information content (AvgIpc) is 4.02. The van der Waals surface area contributed by atoms with Crippen molar-refractivity contribution in [2.75, 3.05) is 23.2 Å². The number of esters is 1. The number of alkyl halides is 2. The number of nitrogens with two attached hydrogens (primary N) is 1. The van der Waals surface area contributed by atoms with Crippen LogP contribution < -0.4 is 26.4 Å². The number of H-pyrrole nitrogens is 1. The number of rotatable bonds is 19. The molecule has 0 aliphatic carbocycles. The topological polar surface area (TPSA) is 281 Å². The molecule has 1 saturated heterocycles. The summed E-state index contributed by atoms with van der Waals surface area (Å²) < 4.78 is 55.6. The number of thiazole rings is 1. The van der Waals surface area contributed by atoms with E-state index in [9.17, 15) is 46.3 Å². The molecule has 5 aromatic rings. The number of pyridine rings is 1. The van der Waals surface area contributed by atoms with Crippen LogP contribution in [-0.4, -0.2) is 105 Å². The van der Waals surface area contributed by atoms with Gasteiger partial charge in [-0.05, 0) is 60.6 Å². The fourth-order valence-electron chi connectivity index (χ4n) is 7.15. The Kier molecular flexibility index (Phi) is 15.7. The van der Waals surface area contributed by atoms with Crippen LogP contribution in [0.15, 0.2) is 72.4 Å². The third-order valence-corrected chi connectivity index (χ3v) is 12.6. The standard InChI is InChI=1S/C44H50F2N10O9S2/c1-24-36(66-23-50-24)27-10-8-25(9-11-27)20-49-40(60)31-19-30(57)22-56(31)41(61)37(44(2,3)4)52-33(58)7-5-6-18-65-42(62)28-14-17-32(48-21-28)51-39-34(38(47)59)35(53-54-39)26-12-15-29(16-13-26)55-67(63,64)43(45)46/h8-17,21,23,30-31,37,43,55,57H,5-7,18-20,22H2,1-4H3,(H2,47,59)(H,49,60)(H,52,58)(H2,48,51,53,54)/t30-,31+,37?/m1/s1. The number of nitrogens with zero attached hydrogens (tertiary/aromatic N) is 4. The number of β-amino-alcohol motifs (C(OH)–C–C–N with tert-alkyl or cyclic N) is 1. The molecule has 4 heterocycles. The van der Waals surface area contributed by atoms with E-state index in [1.54, 1.807) is 42.3 Å². The first-order valence-corrected chi connectivity index (χ1v) is 23.4. The first kappa shape index (κ1) is 49.6. The molecule has 6 rings (SSSR count). The predicted molar refractivity (Wildman–Crippen MR) is 244 cm³/mol. The highest BCUT2D eigenvalue weighted by Gasteiger charge is 2.44. The molecule has 1 fully saturated rings. The predicted octanol–water partition coefficient (Wildman–Crippen LogP) is 4.85. The zero-order chi connectivity index (χ0) is 48.6. The number of amides is 4. The molecular formula is C44H50F2N10O9S2. The van der Waals surface area contributed by atoms with Gasteiger partial charge in [-0.25, -0.2) is 23.2 Å². The van der Waals surface area contributed by atoms with E-state index in [0.717, 1.165) is 21.7 Å². The number of sulfonamides is 1. The van der Waals surface area contributed by atoms with Gasteiger partial charge in [0.2, 0.25) is 17.7 Å². The van der Waals surface area contributed by atoms with Crippen LogP contribution in [0.3, 0.4) is 0 Å². The number of nitrogens with one attached hydrogen (secondary N) is 5. The third kappa shape index (κ3) is 12.5. The molecule has 2 aromatic carbocycles. The highest BCUT2D eigenvalue weighted by Crippen LogP contribution is 2.31. The van der Waals surface area contributed by atoms with E-state index in [0.29, 0.717) is 18.4 Å². The number of hydrogen-bond donors (Lipinski definition) is 7. The quantitative estimate of drug-likeness (QED) is 0.0431. The monoisotopic (exact) mass is 964 g/mol. The number of carbonyl (C=O) groups excluding carboxylic acids is 5. The number of aliphatic hydroxyl groups is 1. The minimum atomic E-state index is -4.89. The molecule has 23 heteroatoms. The molecule has 356 valence electrons. The van der Waals surface area contributed by atoms with Crippen LogP contribution in [0.5, 0.6) is 0 Å². The third-order valence-electron chi connectivity index (χ3n) is 10.7. The van der Waals surface area contributed by atoms with Crippen LogP contribution in [0.25, 0.3) is 21.7 Å². The minimum Gasteiger partial charge on any atom is -0.462 e. The van der Waals surface area contributed by atoms with E-state index in [1.165, 1.54) is 47.5 Å². The molecule has 0 spiro atoms. The summed E-state index contributed by atoms with van der Waals surface area (Å²) >= 11 is 1.55. The SMILES string of the molecule is Cc1ncsc1-c1ccc(CNC(=O)[C@@H]2C[C@@H](O)CN2C(=O)C(NC(=O)CCCCOC(=O)c2ccc(Nc3n[nH]c(-c4ccc(NS(=O)(=O)C(F)F)cc4)c3C(N)=O)nc2)C(C)(C)C)cc1. The summed E-state index contributed by atoms with van der Waals surface area (Å²) in [6.45, 7) is 7.46. The number of unbranched alkanes of at least 4 members (excludes halogenated alkanes) is 1. The molecule has 8 N–H and O–H groups in total. The maximum Gasteiger partial charge on any atom is 0.355 e. The summed E-state index contributed by atoms with van der Waals surface area (Å²) in [5.41, 5.74) is 9.84. The van der Waals surface area contributed by atoms with Crippen LogP contribution >= 0.6 is 11.3 Å². The summed E-state index contributed by atoms with van der Waals surface area (Å²) in [5, 5.41) is 25.8. The molecule has 0 radical (unpaired) electrons. The van der Waals surface area contributed by atoms with Crippen LogP contribution in [-0.2, 0) is 35.7 Å². The normalized spacial score (nSPS) is 15.5. The van der Waals surface area contributed by atoms with Crippen LogP contribution in [0.1, 0.15) is 78.4 Å². The Labute approximate surface area is 388 Å². The zero-order valence-corrected chi connectivity index (χ0v) is 38.5. The van der Waals surface area contributed by atoms with Crippen molar-refractivity contribution in [2.45, 2.75) is 83.9 Å². The Morgan fingerprint density at radius 1 is 1.00 bits per heavy atom. The summed E-state index contributed by atoms with van der Waals surface area (Å²) in [4.78, 5) is 76.6. The molecule has 1 aliphatic rings. The molecular weight excluding hydrogens is 915 g/mol. The van der Waals surface area contributed by atoms with E-state index < -0.39 is 69.0 Å². The number of benzene rings is 2. The summed E-state index contributed by atoms with van der Waals surface area (Å²) in [6.07, 6.45) is 1.02. The van der Waals surface area contributed by atoms with Gasteiger partial charge in [-0.1, -0.05) is 57.2 Å². The summed E-state index contributed by atoms with van der Waals surface area (Å²) in [7, 11) is -4.89. The number of aryl methyl sites for hydroxylation is 1. The maximum atomic E-state index is 14.0. The molecule has 3 aromatic heterocycles. The van der Waals surface area contributed by atoms with Gasteiger partial charge in [-0.3, -0.25) is 29.0 Å². The number of ether oxygens (including phenoxy) is 1. The van der Waals surface area contributed by atoms with E-state index in [2.05, 4.69) is 36.1 Å². The molecule has 0 saturated carbocycles. The summed E-state index contributed by atoms with van der Waals surface area (Å²) in [6, 6.07) is 13.8. The number of primary amides is 1. The van der Waals surface area contributed by atoms with Gasteiger partial charge < -0.3 is 36.4 Å². The molecule has 0 bridgehead atoms. The average molecular weight is 965 g/mol. The van der Waals surface area contributed by atoms with Gasteiger partial charge in [0.1, 0.15) is 23.5 Å². The number of anilines is 3. The van der Waals surface area contributed by atoms with Crippen LogP contribution in [0.4, 0.5) is 26.1 Å². The van der Waals surface area contributed by atoms with E-state index >= 15 is 0 Å². The van der Waals surface area contributed by atoms with Gasteiger partial charge >= 0.3 is 11.7 Å². The Bertz CT molecular complexity index is 2690. The number of aromatic nitrogens is 4. The van der Waals surface area contributed by atoms with Crippen molar-refractivity contribution in [3.63, 3.8) is 0 Å². The largest absolute Gasteiger partial charge is 0.462 e. The fraction of sp³-hybridized carbons (Fsp3) is 0.364. The molecule has 1 aliphatic heterocycles. The Balaban J connectivity index is 0.955. The lowest BCUT2D eigenvalue weighted by molar-refractivity contribution is -0.144. The second-order valence-corrected chi connectivity index (χ2v) is 19.3. The van der Waals surface area contributed by atoms with E-state index in [4.69, 9.17) is 10.5 Å². The lowest BCUT2D eigenvalue weighted by Crippen LogP contribution is -2.57. The molecule has 67 heavy (non-hydrogen) atoms. The number of hydrogen-bond acceptors (Lipinski definition) is 14. The van der Waals surface area contributed by atoms with E-state index in [1.807, 2.05) is 31.2 Å². The van der Waals surface area contributed by atoms with Gasteiger partial charge in [-0.15, -0.1) is 11.3 Å². The second kappa shape index (κ2) is 21.2. The molecule has 1 unspecified atom stereocenters. The van der Waals surface area contributed by atoms with Crippen molar-refractivity contribution in [2.24, 2.45) is 11.1 Å². The van der Waals surface area contributed by atoms with Crippen molar-refractivity contribution < 1.29 is 51.0 Å². The number of aromatic amines is 1. The minimum absolute atomic E-state index is 0.0174. The molecule has 4 amide bonds. The number of aliphatic hydroxyl groups excluding tert-OH is 1. The Hall–Kier alpha value is -6.85. The number of carbonyl (C=O) groups is 5. The van der Waals surface area contributed by atoms with Crippen LogP contribution in [0.2, 0.25) is 0 Å². The van der Waals surface area contributed by atoms with Crippen molar-refractivity contribution >= 4 is 68.3 Å². The highest BCUT2D eigenvalue weighted by atomic mass is 32.2. The van der Waals surface area contributed by atoms with Gasteiger partial charge in [0.15, 0.2) is 5.82 Å². The Morgan fingerprint density at radius 3 is 2.31 bits per heavy atom. The smallest absolute Gasteiger partial charge is 0.355 e. The zero-order valence-electron chi connectivity index (χ0n) is 36.8. The lowest BCUT2D eigenvalue weighted by Gasteiger charge is -2.35. The van der Waals surface area contributed by atoms with Crippen molar-refractivity contribution in [1.82, 2.24) is 35.7 Å². The van der Waals surface area contributed by atoms with Crippen molar-refractivity contribution in [3.05, 3.63) is 94.8 Å². The fourth-order valence-corrected chi connectivity index (χ4v) is 8.52. The maximum absolute atomic E-state index is 14.0. The van der Waals surface area contributed by atoms with E-state index in [-0.39, 0.29) is 66.7 Å². The molecule has 19 nitrogen and oxygen atoms in total. The highest BCUT2D eigenvalue weighted by molar-refractivity contribution is 7.93.